The highest BCUT2D eigenvalue weighted by molar-refractivity contribution is 6.28. The van der Waals surface area contributed by atoms with Crippen molar-refractivity contribution in [2.24, 2.45) is 0 Å². The Morgan fingerprint density at radius 3 is 2.81 bits per heavy atom. The maximum Gasteiger partial charge on any atom is 0.231 e. The predicted octanol–water partition coefficient (Wildman–Crippen LogP) is 1.34. The van der Waals surface area contributed by atoms with Gasteiger partial charge in [0.05, 0.1) is 19.3 Å². The van der Waals surface area contributed by atoms with Crippen LogP contribution in [0.4, 0.5) is 11.9 Å². The van der Waals surface area contributed by atoms with Crippen LogP contribution in [0.1, 0.15) is 19.3 Å². The van der Waals surface area contributed by atoms with Gasteiger partial charge in [-0.1, -0.05) is 0 Å². The molecule has 2 saturated heterocycles. The lowest BCUT2D eigenvalue weighted by Gasteiger charge is -2.26. The molecule has 1 aromatic heterocycles. The smallest absolute Gasteiger partial charge is 0.231 e. The van der Waals surface area contributed by atoms with E-state index in [4.69, 9.17) is 21.1 Å². The monoisotopic (exact) mass is 313 g/mol. The van der Waals surface area contributed by atoms with Gasteiger partial charge in [-0.25, -0.2) is 0 Å². The van der Waals surface area contributed by atoms with Crippen molar-refractivity contribution in [1.82, 2.24) is 15.0 Å². The third-order valence-corrected chi connectivity index (χ3v) is 3.83. The second-order valence-electron chi connectivity index (χ2n) is 5.18. The van der Waals surface area contributed by atoms with E-state index in [-0.39, 0.29) is 5.28 Å². The van der Waals surface area contributed by atoms with E-state index in [0.717, 1.165) is 45.5 Å². The molecule has 0 aromatic carbocycles. The highest BCUT2D eigenvalue weighted by atomic mass is 35.5. The standard InChI is InChI=1S/C13H20ClN5O2/c14-11-16-12(15-4-3-10-2-1-7-21-10)18-13(17-11)19-5-8-20-9-6-19/h10H,1-9H2,(H,15,16,17,18). The largest absolute Gasteiger partial charge is 0.378 e. The van der Waals surface area contributed by atoms with E-state index in [1.54, 1.807) is 0 Å². The number of nitrogens with one attached hydrogen (secondary N) is 1. The Labute approximate surface area is 129 Å². The summed E-state index contributed by atoms with van der Waals surface area (Å²) in [7, 11) is 0. The van der Waals surface area contributed by atoms with Crippen LogP contribution < -0.4 is 10.2 Å². The van der Waals surface area contributed by atoms with E-state index in [0.29, 0.717) is 31.2 Å². The molecule has 2 aliphatic rings. The topological polar surface area (TPSA) is 72.4 Å². The molecule has 8 heteroatoms. The molecule has 21 heavy (non-hydrogen) atoms. The molecular weight excluding hydrogens is 294 g/mol. The van der Waals surface area contributed by atoms with Gasteiger partial charge in [-0.2, -0.15) is 15.0 Å². The summed E-state index contributed by atoms with van der Waals surface area (Å²) in [6.07, 6.45) is 3.60. The summed E-state index contributed by atoms with van der Waals surface area (Å²) in [4.78, 5) is 14.8. The van der Waals surface area contributed by atoms with Gasteiger partial charge >= 0.3 is 0 Å². The van der Waals surface area contributed by atoms with Gasteiger partial charge in [0.2, 0.25) is 17.2 Å². The molecule has 0 radical (unpaired) electrons. The van der Waals surface area contributed by atoms with Gasteiger partial charge in [0.25, 0.3) is 0 Å². The Morgan fingerprint density at radius 1 is 1.19 bits per heavy atom. The van der Waals surface area contributed by atoms with Crippen LogP contribution in [-0.4, -0.2) is 60.5 Å². The summed E-state index contributed by atoms with van der Waals surface area (Å²) in [5, 5.41) is 3.42. The van der Waals surface area contributed by atoms with Crippen LogP contribution in [0.2, 0.25) is 5.28 Å². The Bertz CT molecular complexity index is 464. The molecule has 3 rings (SSSR count). The minimum Gasteiger partial charge on any atom is -0.378 e. The van der Waals surface area contributed by atoms with Crippen molar-refractivity contribution < 1.29 is 9.47 Å². The van der Waals surface area contributed by atoms with Crippen LogP contribution in [0.15, 0.2) is 0 Å². The number of hydrogen-bond acceptors (Lipinski definition) is 7. The molecule has 7 nitrogen and oxygen atoms in total. The van der Waals surface area contributed by atoms with E-state index < -0.39 is 0 Å². The van der Waals surface area contributed by atoms with Crippen molar-refractivity contribution in [3.05, 3.63) is 5.28 Å². The summed E-state index contributed by atoms with van der Waals surface area (Å²) in [5.41, 5.74) is 0. The normalized spacial score (nSPS) is 22.5. The Morgan fingerprint density at radius 2 is 2.05 bits per heavy atom. The third-order valence-electron chi connectivity index (χ3n) is 3.66. The fourth-order valence-electron chi connectivity index (χ4n) is 2.54. The molecule has 116 valence electrons. The van der Waals surface area contributed by atoms with Crippen molar-refractivity contribution in [2.45, 2.75) is 25.4 Å². The lowest BCUT2D eigenvalue weighted by atomic mass is 10.2. The van der Waals surface area contributed by atoms with E-state index in [1.165, 1.54) is 0 Å². The minimum atomic E-state index is 0.214. The molecular formula is C13H20ClN5O2. The molecule has 0 spiro atoms. The average Bonchev–Trinajstić information content (AvgIpc) is 3.01. The molecule has 0 amide bonds. The molecule has 3 heterocycles. The van der Waals surface area contributed by atoms with Gasteiger partial charge in [0.15, 0.2) is 0 Å². The van der Waals surface area contributed by atoms with Crippen molar-refractivity contribution in [3.63, 3.8) is 0 Å². The highest BCUT2D eigenvalue weighted by Crippen LogP contribution is 2.17. The van der Waals surface area contributed by atoms with Gasteiger partial charge in [-0.3, -0.25) is 0 Å². The van der Waals surface area contributed by atoms with Gasteiger partial charge < -0.3 is 19.7 Å². The highest BCUT2D eigenvalue weighted by Gasteiger charge is 2.17. The summed E-state index contributed by atoms with van der Waals surface area (Å²) >= 11 is 5.99. The van der Waals surface area contributed by atoms with Gasteiger partial charge in [-0.05, 0) is 30.9 Å². The lowest BCUT2D eigenvalue weighted by molar-refractivity contribution is 0.107. The van der Waals surface area contributed by atoms with Crippen LogP contribution in [0.3, 0.4) is 0 Å². The summed E-state index contributed by atoms with van der Waals surface area (Å²) < 4.78 is 10.9. The lowest BCUT2D eigenvalue weighted by Crippen LogP contribution is -2.37. The van der Waals surface area contributed by atoms with Crippen molar-refractivity contribution in [2.75, 3.05) is 49.7 Å². The minimum absolute atomic E-state index is 0.214. The first kappa shape index (κ1) is 14.7. The first-order valence-electron chi connectivity index (χ1n) is 7.41. The average molecular weight is 314 g/mol. The van der Waals surface area contributed by atoms with Crippen LogP contribution in [0.25, 0.3) is 0 Å². The Hall–Kier alpha value is -1.18. The molecule has 0 saturated carbocycles. The maximum atomic E-state index is 5.99. The number of anilines is 2. The van der Waals surface area contributed by atoms with Crippen LogP contribution in [0.5, 0.6) is 0 Å². The first-order chi connectivity index (χ1) is 10.3. The van der Waals surface area contributed by atoms with E-state index in [1.807, 2.05) is 0 Å². The SMILES string of the molecule is Clc1nc(NCCC2CCCO2)nc(N2CCOCC2)n1. The number of morpholine rings is 1. The van der Waals surface area contributed by atoms with Gasteiger partial charge in [0, 0.05) is 26.2 Å². The summed E-state index contributed by atoms with van der Waals surface area (Å²) in [6, 6.07) is 0. The second-order valence-corrected chi connectivity index (χ2v) is 5.52. The number of halogens is 1. The summed E-state index contributed by atoms with van der Waals surface area (Å²) in [5.74, 6) is 1.13. The number of aromatic nitrogens is 3. The Kier molecular flexibility index (Phi) is 5.05. The molecule has 1 N–H and O–H groups in total. The van der Waals surface area contributed by atoms with E-state index in [9.17, 15) is 0 Å². The fourth-order valence-corrected chi connectivity index (χ4v) is 2.70. The predicted molar refractivity (Wildman–Crippen MR) is 79.9 cm³/mol. The zero-order valence-electron chi connectivity index (χ0n) is 11.9. The molecule has 1 atom stereocenters. The van der Waals surface area contributed by atoms with Crippen molar-refractivity contribution in [3.8, 4) is 0 Å². The van der Waals surface area contributed by atoms with Crippen molar-refractivity contribution >= 4 is 23.5 Å². The van der Waals surface area contributed by atoms with Gasteiger partial charge in [0.1, 0.15) is 0 Å². The zero-order valence-corrected chi connectivity index (χ0v) is 12.7. The molecule has 1 unspecified atom stereocenters. The quantitative estimate of drug-likeness (QED) is 0.879. The van der Waals surface area contributed by atoms with Crippen molar-refractivity contribution in [1.29, 1.82) is 0 Å². The molecule has 2 aliphatic heterocycles. The maximum absolute atomic E-state index is 5.99. The third kappa shape index (κ3) is 4.15. The van der Waals surface area contributed by atoms with Crippen LogP contribution in [-0.2, 0) is 9.47 Å². The number of ether oxygens (including phenoxy) is 2. The fraction of sp³-hybridized carbons (Fsp3) is 0.769. The first-order valence-corrected chi connectivity index (χ1v) is 7.79. The number of nitrogens with zero attached hydrogens (tertiary/aromatic N) is 4. The number of hydrogen-bond donors (Lipinski definition) is 1. The summed E-state index contributed by atoms with van der Waals surface area (Å²) in [6.45, 7) is 4.57. The van der Waals surface area contributed by atoms with E-state index >= 15 is 0 Å². The van der Waals surface area contributed by atoms with Crippen LogP contribution in [0, 0.1) is 0 Å². The van der Waals surface area contributed by atoms with Crippen LogP contribution >= 0.6 is 11.6 Å². The molecule has 0 aliphatic carbocycles. The second kappa shape index (κ2) is 7.20. The van der Waals surface area contributed by atoms with E-state index in [2.05, 4.69) is 25.2 Å². The zero-order chi connectivity index (χ0) is 14.5. The number of rotatable bonds is 5. The Balaban J connectivity index is 1.57. The molecule has 2 fully saturated rings. The molecule has 1 aromatic rings. The molecule has 0 bridgehead atoms. The van der Waals surface area contributed by atoms with Gasteiger partial charge in [-0.15, -0.1) is 0 Å².